The van der Waals surface area contributed by atoms with Gasteiger partial charge in [0.1, 0.15) is 0 Å². The van der Waals surface area contributed by atoms with Crippen LogP contribution in [0, 0.1) is 0 Å². The number of piperidine rings is 1. The van der Waals surface area contributed by atoms with Gasteiger partial charge in [0.2, 0.25) is 0 Å². The normalized spacial score (nSPS) is 23.2. The highest BCUT2D eigenvalue weighted by atomic mass is 15.2. The van der Waals surface area contributed by atoms with Crippen molar-refractivity contribution in [2.24, 2.45) is 5.73 Å². The molecule has 1 aliphatic heterocycles. The van der Waals surface area contributed by atoms with Crippen LogP contribution in [-0.2, 0) is 0 Å². The molecular formula is C12H28N4. The van der Waals surface area contributed by atoms with Gasteiger partial charge in [0, 0.05) is 38.8 Å². The molecule has 1 rings (SSSR count). The number of likely N-dealkylation sites (tertiary alicyclic amines) is 1. The molecule has 0 amide bonds. The summed E-state index contributed by atoms with van der Waals surface area (Å²) in [5.74, 6) is 0. The fraction of sp³-hybridized carbons (Fsp3) is 1.00. The number of hydrogen-bond donors (Lipinski definition) is 1. The predicted molar refractivity (Wildman–Crippen MR) is 69.7 cm³/mol. The molecule has 4 nitrogen and oxygen atoms in total. The Balaban J connectivity index is 2.29. The Kier molecular flexibility index (Phi) is 6.28. The number of rotatable bonds is 6. The summed E-state index contributed by atoms with van der Waals surface area (Å²) >= 11 is 0. The Bertz CT molecular complexity index is 184. The summed E-state index contributed by atoms with van der Waals surface area (Å²) in [5, 5.41) is 0. The van der Waals surface area contributed by atoms with Crippen LogP contribution >= 0.6 is 0 Å². The van der Waals surface area contributed by atoms with Gasteiger partial charge in [0.05, 0.1) is 0 Å². The van der Waals surface area contributed by atoms with Crippen LogP contribution in [0.2, 0.25) is 0 Å². The van der Waals surface area contributed by atoms with Crippen LogP contribution in [0.4, 0.5) is 0 Å². The first-order valence-electron chi connectivity index (χ1n) is 6.41. The summed E-state index contributed by atoms with van der Waals surface area (Å²) in [7, 11) is 6.48. The van der Waals surface area contributed by atoms with Crippen molar-refractivity contribution in [1.82, 2.24) is 14.7 Å². The van der Waals surface area contributed by atoms with E-state index in [1.807, 2.05) is 0 Å². The minimum atomic E-state index is 0.708. The number of hydrogen-bond acceptors (Lipinski definition) is 4. The molecule has 4 heteroatoms. The van der Waals surface area contributed by atoms with Crippen LogP contribution in [0.1, 0.15) is 12.8 Å². The molecule has 0 aromatic heterocycles. The van der Waals surface area contributed by atoms with Gasteiger partial charge in [-0.1, -0.05) is 0 Å². The molecule has 1 fully saturated rings. The third-order valence-corrected chi connectivity index (χ3v) is 3.45. The van der Waals surface area contributed by atoms with Crippen LogP contribution in [0.5, 0.6) is 0 Å². The first-order chi connectivity index (χ1) is 7.63. The minimum absolute atomic E-state index is 0.708. The second kappa shape index (κ2) is 7.22. The molecule has 0 saturated carbocycles. The van der Waals surface area contributed by atoms with Crippen molar-refractivity contribution in [3.8, 4) is 0 Å². The quantitative estimate of drug-likeness (QED) is 0.689. The lowest BCUT2D eigenvalue weighted by molar-refractivity contribution is 0.112. The molecule has 2 N–H and O–H groups in total. The summed E-state index contributed by atoms with van der Waals surface area (Å²) < 4.78 is 0. The van der Waals surface area contributed by atoms with Crippen molar-refractivity contribution < 1.29 is 0 Å². The van der Waals surface area contributed by atoms with Crippen molar-refractivity contribution in [2.75, 3.05) is 60.4 Å². The zero-order valence-electron chi connectivity index (χ0n) is 11.2. The van der Waals surface area contributed by atoms with Gasteiger partial charge in [-0.15, -0.1) is 0 Å². The SMILES string of the molecule is CN(C)CCN1CCCC(N(C)CCN)C1. The highest BCUT2D eigenvalue weighted by molar-refractivity contribution is 4.79. The van der Waals surface area contributed by atoms with E-state index in [0.717, 1.165) is 19.6 Å². The van der Waals surface area contributed by atoms with Crippen molar-refractivity contribution >= 4 is 0 Å². The van der Waals surface area contributed by atoms with Crippen LogP contribution in [0.25, 0.3) is 0 Å². The van der Waals surface area contributed by atoms with Gasteiger partial charge in [-0.2, -0.15) is 0 Å². The number of nitrogens with zero attached hydrogens (tertiary/aromatic N) is 3. The lowest BCUT2D eigenvalue weighted by Gasteiger charge is -2.38. The average Bonchev–Trinajstić information content (AvgIpc) is 2.27. The molecular weight excluding hydrogens is 200 g/mol. The van der Waals surface area contributed by atoms with E-state index in [1.54, 1.807) is 0 Å². The summed E-state index contributed by atoms with van der Waals surface area (Å²) in [6.45, 7) is 6.62. The Morgan fingerprint density at radius 3 is 2.62 bits per heavy atom. The lowest BCUT2D eigenvalue weighted by atomic mass is 10.0. The minimum Gasteiger partial charge on any atom is -0.329 e. The molecule has 1 saturated heterocycles. The van der Waals surface area contributed by atoms with Crippen molar-refractivity contribution in [3.63, 3.8) is 0 Å². The summed E-state index contributed by atoms with van der Waals surface area (Å²) in [6.07, 6.45) is 2.65. The van der Waals surface area contributed by atoms with Gasteiger partial charge >= 0.3 is 0 Å². The van der Waals surface area contributed by atoms with E-state index in [9.17, 15) is 0 Å². The first kappa shape index (κ1) is 13.9. The van der Waals surface area contributed by atoms with Gasteiger partial charge in [0.15, 0.2) is 0 Å². The van der Waals surface area contributed by atoms with E-state index in [0.29, 0.717) is 6.04 Å². The molecule has 0 aromatic rings. The Hall–Kier alpha value is -0.160. The molecule has 0 aliphatic carbocycles. The highest BCUT2D eigenvalue weighted by Gasteiger charge is 2.22. The number of likely N-dealkylation sites (N-methyl/N-ethyl adjacent to an activating group) is 2. The maximum Gasteiger partial charge on any atom is 0.0221 e. The molecule has 1 heterocycles. The van der Waals surface area contributed by atoms with E-state index in [-0.39, 0.29) is 0 Å². The van der Waals surface area contributed by atoms with Crippen molar-refractivity contribution in [1.29, 1.82) is 0 Å². The second-order valence-electron chi connectivity index (χ2n) is 5.17. The van der Waals surface area contributed by atoms with E-state index in [4.69, 9.17) is 5.73 Å². The van der Waals surface area contributed by atoms with Gasteiger partial charge in [-0.3, -0.25) is 0 Å². The Morgan fingerprint density at radius 2 is 2.00 bits per heavy atom. The zero-order valence-corrected chi connectivity index (χ0v) is 11.2. The smallest absolute Gasteiger partial charge is 0.0221 e. The molecule has 0 spiro atoms. The fourth-order valence-electron chi connectivity index (χ4n) is 2.32. The summed E-state index contributed by atoms with van der Waals surface area (Å²) in [4.78, 5) is 7.26. The van der Waals surface area contributed by atoms with E-state index in [1.165, 1.54) is 32.5 Å². The third kappa shape index (κ3) is 4.78. The lowest BCUT2D eigenvalue weighted by Crippen LogP contribution is -2.48. The van der Waals surface area contributed by atoms with Crippen LogP contribution in [0.15, 0.2) is 0 Å². The van der Waals surface area contributed by atoms with Gasteiger partial charge in [-0.05, 0) is 40.5 Å². The molecule has 1 atom stereocenters. The highest BCUT2D eigenvalue weighted by Crippen LogP contribution is 2.14. The fourth-order valence-corrected chi connectivity index (χ4v) is 2.32. The summed E-state index contributed by atoms with van der Waals surface area (Å²) in [6, 6.07) is 0.708. The van der Waals surface area contributed by atoms with Crippen LogP contribution in [0.3, 0.4) is 0 Å². The van der Waals surface area contributed by atoms with Gasteiger partial charge in [0.25, 0.3) is 0 Å². The largest absolute Gasteiger partial charge is 0.329 e. The molecule has 1 aliphatic rings. The Morgan fingerprint density at radius 1 is 1.25 bits per heavy atom. The van der Waals surface area contributed by atoms with Gasteiger partial charge < -0.3 is 20.4 Å². The maximum atomic E-state index is 5.61. The van der Waals surface area contributed by atoms with E-state index in [2.05, 4.69) is 35.8 Å². The molecule has 0 aromatic carbocycles. The third-order valence-electron chi connectivity index (χ3n) is 3.45. The molecule has 1 unspecified atom stereocenters. The average molecular weight is 228 g/mol. The topological polar surface area (TPSA) is 35.7 Å². The van der Waals surface area contributed by atoms with E-state index >= 15 is 0 Å². The molecule has 96 valence electrons. The van der Waals surface area contributed by atoms with Gasteiger partial charge in [-0.25, -0.2) is 0 Å². The Labute approximate surface area is 100 Å². The predicted octanol–water partition coefficient (Wildman–Crippen LogP) is -0.0971. The van der Waals surface area contributed by atoms with Crippen molar-refractivity contribution in [2.45, 2.75) is 18.9 Å². The molecule has 16 heavy (non-hydrogen) atoms. The molecule has 0 bridgehead atoms. The first-order valence-corrected chi connectivity index (χ1v) is 6.41. The monoisotopic (exact) mass is 228 g/mol. The molecule has 0 radical (unpaired) electrons. The number of nitrogens with two attached hydrogens (primary N) is 1. The zero-order chi connectivity index (χ0) is 12.0. The standard InChI is InChI=1S/C12H28N4/c1-14(2)9-10-16-7-4-5-12(11-16)15(3)8-6-13/h12H,4-11,13H2,1-3H3. The maximum absolute atomic E-state index is 5.61. The van der Waals surface area contributed by atoms with Crippen LogP contribution < -0.4 is 5.73 Å². The van der Waals surface area contributed by atoms with E-state index < -0.39 is 0 Å². The van der Waals surface area contributed by atoms with Crippen molar-refractivity contribution in [3.05, 3.63) is 0 Å². The summed E-state index contributed by atoms with van der Waals surface area (Å²) in [5.41, 5.74) is 5.61. The van der Waals surface area contributed by atoms with Crippen LogP contribution in [-0.4, -0.2) is 81.2 Å². The second-order valence-corrected chi connectivity index (χ2v) is 5.17.